The number of aromatic amines is 1. The van der Waals surface area contributed by atoms with Crippen molar-refractivity contribution in [3.8, 4) is 0 Å². The molecule has 1 saturated heterocycles. The van der Waals surface area contributed by atoms with Gasteiger partial charge in [-0.05, 0) is 31.0 Å². The predicted octanol–water partition coefficient (Wildman–Crippen LogP) is 2.71. The van der Waals surface area contributed by atoms with Gasteiger partial charge in [0.25, 0.3) is 0 Å². The second-order valence-corrected chi connectivity index (χ2v) is 9.74. The molecule has 164 valence electrons. The summed E-state index contributed by atoms with van der Waals surface area (Å²) in [5.41, 5.74) is 3.44. The number of Topliss-reactive ketones (excluding diaryl/α,β-unsaturated/α-hetero) is 1. The highest BCUT2D eigenvalue weighted by Gasteiger charge is 2.40. The first kappa shape index (κ1) is 20.7. The molecule has 8 heteroatoms. The van der Waals surface area contributed by atoms with E-state index in [1.54, 1.807) is 0 Å². The maximum absolute atomic E-state index is 13.5. The summed E-state index contributed by atoms with van der Waals surface area (Å²) in [6.45, 7) is 1.49. The standard InChI is InChI=1S/C23H26BrN3O4/c24-13-5-6-18-16(9-13)17-10-27(8-7-19(17)25-18)23(30)15-4-2-1-3-14(15)22(29)26-20-11-31-12-21(20)28/h5-6,9,14-15,20,25H,1-4,7-8,10-12H2,(H,26,29)/t14-,15?,20?/m1/s1. The number of H-pyrrole nitrogens is 1. The third-order valence-corrected chi connectivity index (χ3v) is 7.40. The van der Waals surface area contributed by atoms with Crippen LogP contribution in [0.3, 0.4) is 0 Å². The van der Waals surface area contributed by atoms with Crippen molar-refractivity contribution in [1.29, 1.82) is 0 Å². The molecule has 2 amide bonds. The maximum Gasteiger partial charge on any atom is 0.226 e. The van der Waals surface area contributed by atoms with Crippen LogP contribution in [0.1, 0.15) is 36.9 Å². The van der Waals surface area contributed by atoms with Crippen LogP contribution in [0.2, 0.25) is 0 Å². The summed E-state index contributed by atoms with van der Waals surface area (Å²) in [7, 11) is 0. The molecule has 1 aliphatic carbocycles. The van der Waals surface area contributed by atoms with Gasteiger partial charge in [0.2, 0.25) is 11.8 Å². The fourth-order valence-electron chi connectivity index (χ4n) is 5.22. The Morgan fingerprint density at radius 2 is 2.00 bits per heavy atom. The summed E-state index contributed by atoms with van der Waals surface area (Å²) in [4.78, 5) is 43.8. The summed E-state index contributed by atoms with van der Waals surface area (Å²) in [5, 5.41) is 3.97. The van der Waals surface area contributed by atoms with Crippen molar-refractivity contribution < 1.29 is 19.1 Å². The summed E-state index contributed by atoms with van der Waals surface area (Å²) >= 11 is 3.54. The molecule has 1 aromatic carbocycles. The number of fused-ring (bicyclic) bond motifs is 3. The average molecular weight is 488 g/mol. The first-order valence-electron chi connectivity index (χ1n) is 11.0. The van der Waals surface area contributed by atoms with Crippen LogP contribution in [0.15, 0.2) is 22.7 Å². The van der Waals surface area contributed by atoms with E-state index in [1.807, 2.05) is 11.0 Å². The quantitative estimate of drug-likeness (QED) is 0.695. The van der Waals surface area contributed by atoms with Gasteiger partial charge in [-0.3, -0.25) is 14.4 Å². The number of amides is 2. The number of benzene rings is 1. The Labute approximate surface area is 189 Å². The van der Waals surface area contributed by atoms with Crippen molar-refractivity contribution in [2.24, 2.45) is 11.8 Å². The monoisotopic (exact) mass is 487 g/mol. The fourth-order valence-corrected chi connectivity index (χ4v) is 5.58. The van der Waals surface area contributed by atoms with Crippen molar-refractivity contribution in [3.05, 3.63) is 33.9 Å². The van der Waals surface area contributed by atoms with E-state index in [2.05, 4.69) is 38.4 Å². The molecule has 2 aliphatic heterocycles. The first-order chi connectivity index (χ1) is 15.0. The second-order valence-electron chi connectivity index (χ2n) is 8.82. The van der Waals surface area contributed by atoms with E-state index < -0.39 is 6.04 Å². The third-order valence-electron chi connectivity index (χ3n) is 6.90. The Morgan fingerprint density at radius 3 is 2.77 bits per heavy atom. The normalized spacial score (nSPS) is 26.2. The molecule has 2 fully saturated rings. The lowest BCUT2D eigenvalue weighted by molar-refractivity contribution is -0.144. The minimum Gasteiger partial charge on any atom is -0.371 e. The molecule has 7 nitrogen and oxygen atoms in total. The Balaban J connectivity index is 1.33. The van der Waals surface area contributed by atoms with E-state index >= 15 is 0 Å². The molecule has 1 saturated carbocycles. The highest BCUT2D eigenvalue weighted by molar-refractivity contribution is 9.10. The van der Waals surface area contributed by atoms with Crippen LogP contribution in [0.4, 0.5) is 0 Å². The largest absolute Gasteiger partial charge is 0.371 e. The van der Waals surface area contributed by atoms with Crippen molar-refractivity contribution in [3.63, 3.8) is 0 Å². The highest BCUT2D eigenvalue weighted by Crippen LogP contribution is 2.35. The molecule has 2 unspecified atom stereocenters. The number of halogens is 1. The van der Waals surface area contributed by atoms with Gasteiger partial charge in [0.1, 0.15) is 12.6 Å². The molecular formula is C23H26BrN3O4. The van der Waals surface area contributed by atoms with Crippen molar-refractivity contribution in [2.45, 2.75) is 44.7 Å². The number of carbonyl (C=O) groups is 3. The van der Waals surface area contributed by atoms with Crippen LogP contribution in [-0.4, -0.2) is 53.3 Å². The Kier molecular flexibility index (Phi) is 5.60. The molecule has 0 bridgehead atoms. The van der Waals surface area contributed by atoms with Crippen LogP contribution < -0.4 is 5.32 Å². The molecule has 5 rings (SSSR count). The third kappa shape index (κ3) is 3.91. The van der Waals surface area contributed by atoms with E-state index in [4.69, 9.17) is 4.74 Å². The number of aromatic nitrogens is 1. The number of nitrogens with zero attached hydrogens (tertiary/aromatic N) is 1. The topological polar surface area (TPSA) is 91.5 Å². The van der Waals surface area contributed by atoms with E-state index in [9.17, 15) is 14.4 Å². The molecule has 1 aromatic heterocycles. The van der Waals surface area contributed by atoms with E-state index in [0.717, 1.165) is 41.1 Å². The van der Waals surface area contributed by atoms with E-state index in [0.29, 0.717) is 19.5 Å². The van der Waals surface area contributed by atoms with E-state index in [-0.39, 0.29) is 42.6 Å². The van der Waals surface area contributed by atoms with Crippen LogP contribution in [0, 0.1) is 11.8 Å². The first-order valence-corrected chi connectivity index (χ1v) is 11.8. The fraction of sp³-hybridized carbons (Fsp3) is 0.522. The molecule has 0 spiro atoms. The summed E-state index contributed by atoms with van der Waals surface area (Å²) in [6, 6.07) is 5.58. The number of hydrogen-bond acceptors (Lipinski definition) is 4. The SMILES string of the molecule is O=C1COCC1NC(=O)[C@@H]1CCCCC1C(=O)N1CCc2[nH]c3ccc(Br)cc3c2C1. The lowest BCUT2D eigenvalue weighted by atomic mass is 9.77. The zero-order valence-electron chi connectivity index (χ0n) is 17.3. The van der Waals surface area contributed by atoms with Crippen LogP contribution in [0.25, 0.3) is 10.9 Å². The Hall–Kier alpha value is -2.19. The van der Waals surface area contributed by atoms with Gasteiger partial charge < -0.3 is 19.9 Å². The van der Waals surface area contributed by atoms with Crippen molar-refractivity contribution >= 4 is 44.4 Å². The Bertz CT molecular complexity index is 1050. The molecule has 2 aromatic rings. The summed E-state index contributed by atoms with van der Waals surface area (Å²) < 4.78 is 6.16. The summed E-state index contributed by atoms with van der Waals surface area (Å²) in [5.74, 6) is -0.932. The van der Waals surface area contributed by atoms with Gasteiger partial charge in [-0.25, -0.2) is 0 Å². The minimum absolute atomic E-state index is 0.0504. The number of ether oxygens (including phenoxy) is 1. The number of hydrogen-bond donors (Lipinski definition) is 2. The molecule has 3 heterocycles. The van der Waals surface area contributed by atoms with Crippen LogP contribution >= 0.6 is 15.9 Å². The van der Waals surface area contributed by atoms with Gasteiger partial charge in [-0.15, -0.1) is 0 Å². The lowest BCUT2D eigenvalue weighted by Gasteiger charge is -2.36. The molecule has 3 aliphatic rings. The van der Waals surface area contributed by atoms with Gasteiger partial charge in [-0.1, -0.05) is 28.8 Å². The number of ketones is 1. The molecule has 3 atom stereocenters. The van der Waals surface area contributed by atoms with Crippen molar-refractivity contribution in [2.75, 3.05) is 19.8 Å². The van der Waals surface area contributed by atoms with Gasteiger partial charge in [-0.2, -0.15) is 0 Å². The number of rotatable bonds is 3. The van der Waals surface area contributed by atoms with Gasteiger partial charge >= 0.3 is 0 Å². The minimum atomic E-state index is -0.576. The molecule has 2 N–H and O–H groups in total. The number of carbonyl (C=O) groups excluding carboxylic acids is 3. The Morgan fingerprint density at radius 1 is 1.19 bits per heavy atom. The summed E-state index contributed by atoms with van der Waals surface area (Å²) in [6.07, 6.45) is 4.06. The molecular weight excluding hydrogens is 462 g/mol. The van der Waals surface area contributed by atoms with E-state index in [1.165, 1.54) is 11.3 Å². The van der Waals surface area contributed by atoms with Gasteiger partial charge in [0.05, 0.1) is 6.61 Å². The van der Waals surface area contributed by atoms with Crippen LogP contribution in [0.5, 0.6) is 0 Å². The number of nitrogens with one attached hydrogen (secondary N) is 2. The van der Waals surface area contributed by atoms with Gasteiger partial charge in [0, 0.05) is 58.0 Å². The molecule has 0 radical (unpaired) electrons. The lowest BCUT2D eigenvalue weighted by Crippen LogP contribution is -2.49. The average Bonchev–Trinajstić information content (AvgIpc) is 3.35. The van der Waals surface area contributed by atoms with Crippen LogP contribution in [-0.2, 0) is 32.1 Å². The zero-order chi connectivity index (χ0) is 21.5. The predicted molar refractivity (Wildman–Crippen MR) is 118 cm³/mol. The van der Waals surface area contributed by atoms with Crippen molar-refractivity contribution in [1.82, 2.24) is 15.2 Å². The molecule has 31 heavy (non-hydrogen) atoms. The second kappa shape index (κ2) is 8.39. The maximum atomic E-state index is 13.5. The zero-order valence-corrected chi connectivity index (χ0v) is 18.9. The highest BCUT2D eigenvalue weighted by atomic mass is 79.9. The smallest absolute Gasteiger partial charge is 0.226 e. The van der Waals surface area contributed by atoms with Gasteiger partial charge in [0.15, 0.2) is 5.78 Å².